The van der Waals surface area contributed by atoms with Gasteiger partial charge in [0.1, 0.15) is 73.7 Å². The number of hydrogen-bond acceptors (Lipinski definition) is 35. The second kappa shape index (κ2) is 43.6. The molecule has 12 aromatic rings. The van der Waals surface area contributed by atoms with Gasteiger partial charge in [0.05, 0.1) is 51.7 Å². The van der Waals surface area contributed by atoms with Gasteiger partial charge >= 0.3 is 27.6 Å². The Morgan fingerprint density at radius 1 is 0.577 bits per heavy atom. The fourth-order valence-electron chi connectivity index (χ4n) is 15.2. The highest BCUT2D eigenvalue weighted by molar-refractivity contribution is 8.07. The maximum absolute atomic E-state index is 16.3. The topological polar surface area (TPSA) is 569 Å². The van der Waals surface area contributed by atoms with E-state index in [0.717, 1.165) is 21.8 Å². The maximum Gasteiger partial charge on any atom is 0.506 e. The van der Waals surface area contributed by atoms with Crippen molar-refractivity contribution in [1.29, 1.82) is 0 Å². The quantitative estimate of drug-likeness (QED) is 0.00840. The van der Waals surface area contributed by atoms with Gasteiger partial charge in [0, 0.05) is 53.7 Å². The second-order valence-electron chi connectivity index (χ2n) is 31.4. The largest absolute Gasteiger partial charge is 0.506 e. The van der Waals surface area contributed by atoms with E-state index in [1.165, 1.54) is 25.3 Å². The van der Waals surface area contributed by atoms with Crippen LogP contribution in [0, 0.1) is 25.0 Å². The zero-order valence-corrected chi connectivity index (χ0v) is 75.9. The van der Waals surface area contributed by atoms with Gasteiger partial charge in [-0.15, -0.1) is 0 Å². The van der Waals surface area contributed by atoms with E-state index in [0.29, 0.717) is 40.8 Å². The van der Waals surface area contributed by atoms with Crippen LogP contribution in [0.3, 0.4) is 0 Å². The summed E-state index contributed by atoms with van der Waals surface area (Å²) in [5.41, 5.74) is -2.31. The summed E-state index contributed by atoms with van der Waals surface area (Å²) in [6.07, 6.45) is -7.39. The number of H-pyrrole nitrogens is 2. The molecule has 722 valence electrons. The minimum atomic E-state index is -3.96. The number of nitrogens with one attached hydrogen (secondary N) is 6. The molecule has 4 bridgehead atoms. The number of imidazole rings is 4. The van der Waals surface area contributed by atoms with Gasteiger partial charge < -0.3 is 91.1 Å². The number of amides is 4. The Morgan fingerprint density at radius 2 is 0.993 bits per heavy atom. The number of fused-ring (bicyclic) bond motifs is 8. The van der Waals surface area contributed by atoms with E-state index in [1.54, 1.807) is 122 Å². The fourth-order valence-corrected chi connectivity index (χ4v) is 18.5. The molecule has 18 rings (SSSR count). The summed E-state index contributed by atoms with van der Waals surface area (Å²) in [6, 6.07) is 28.6. The van der Waals surface area contributed by atoms with E-state index in [9.17, 15) is 48.6 Å². The maximum atomic E-state index is 16.3. The van der Waals surface area contributed by atoms with Gasteiger partial charge in [-0.1, -0.05) is 90.1 Å². The number of hydrogen-bond donors (Lipinski definition) is 8. The average molecular weight is 1960 g/mol. The lowest BCUT2D eigenvalue weighted by Crippen LogP contribution is -2.41. The summed E-state index contributed by atoms with van der Waals surface area (Å²) in [5.74, 6) is -2.74. The molecule has 0 saturated carbocycles. The molecule has 6 saturated heterocycles. The highest BCUT2D eigenvalue weighted by Gasteiger charge is 2.66. The summed E-state index contributed by atoms with van der Waals surface area (Å²) < 4.78 is 143. The molecule has 53 heteroatoms. The van der Waals surface area contributed by atoms with Crippen molar-refractivity contribution in [3.63, 3.8) is 0 Å². The minimum absolute atomic E-state index is 0.0558. The number of aromatic nitrogens is 18. The van der Waals surface area contributed by atoms with Crippen molar-refractivity contribution in [1.82, 2.24) is 88.0 Å². The van der Waals surface area contributed by atoms with Crippen molar-refractivity contribution >= 4 is 131 Å². The Morgan fingerprint density at radius 3 is 1.41 bits per heavy atom. The fraction of sp³-hybridized carbons (Fsp3) is 0.405. The number of pyridine rings is 2. The number of anilines is 4. The zero-order valence-electron chi connectivity index (χ0n) is 77.3. The molecule has 6 aliphatic rings. The summed E-state index contributed by atoms with van der Waals surface area (Å²) >= 11 is 5.87. The molecule has 0 spiro atoms. The first kappa shape index (κ1) is 95.1. The molecule has 6 aliphatic heterocycles. The van der Waals surface area contributed by atoms with E-state index in [2.05, 4.69) is 101 Å². The Bertz CT molecular complexity index is 6510. The number of aromatic amines is 2. The van der Waals surface area contributed by atoms with E-state index >= 15 is 8.78 Å². The van der Waals surface area contributed by atoms with Crippen LogP contribution in [-0.4, -0.2) is 259 Å². The molecular weight excluding hydrogens is 1860 g/mol. The monoisotopic (exact) mass is 1960 g/mol. The Kier molecular flexibility index (Phi) is 30.3. The third-order valence-corrected chi connectivity index (χ3v) is 25.6. The number of carbonyl (C=O) groups is 6. The number of rotatable bonds is 32. The Hall–Kier alpha value is -13.6. The third kappa shape index (κ3) is 21.8. The third-order valence-electron chi connectivity index (χ3n) is 22.1. The lowest BCUT2D eigenvalue weighted by molar-refractivity contribution is -0.173. The van der Waals surface area contributed by atoms with Crippen LogP contribution in [0.4, 0.5) is 41.9 Å². The van der Waals surface area contributed by atoms with Gasteiger partial charge in [-0.25, -0.2) is 71.4 Å². The summed E-state index contributed by atoms with van der Waals surface area (Å²) in [4.78, 5) is 162. The molecule has 2 unspecified atom stereocenters. The van der Waals surface area contributed by atoms with Gasteiger partial charge in [0.25, 0.3) is 22.9 Å². The molecule has 2 aromatic carbocycles. The summed E-state index contributed by atoms with van der Waals surface area (Å²) in [7, 11) is -2.38. The number of benzene rings is 2. The van der Waals surface area contributed by atoms with E-state index in [-0.39, 0.29) is 90.9 Å². The molecule has 16 heterocycles. The smallest absolute Gasteiger partial charge is 0.450 e. The number of carboxylic acid groups (broad SMARTS) is 2. The van der Waals surface area contributed by atoms with Crippen LogP contribution < -0.4 is 32.4 Å². The average Bonchev–Trinajstić information content (AvgIpc) is 1.57. The van der Waals surface area contributed by atoms with Gasteiger partial charge in [-0.2, -0.15) is 9.97 Å². The molecule has 6 fully saturated rings. The van der Waals surface area contributed by atoms with E-state index in [4.69, 9.17) is 95.9 Å². The van der Waals surface area contributed by atoms with Crippen LogP contribution in [0.2, 0.25) is 0 Å². The Balaban J connectivity index is 0.000000205. The molecule has 137 heavy (non-hydrogen) atoms. The molecule has 0 radical (unpaired) electrons. The Labute approximate surface area is 786 Å². The van der Waals surface area contributed by atoms with Crippen molar-refractivity contribution in [2.45, 2.75) is 152 Å². The summed E-state index contributed by atoms with van der Waals surface area (Å²) in [6.45, 7) is 19.3. The van der Waals surface area contributed by atoms with Gasteiger partial charge in [-0.05, 0) is 73.2 Å². The minimum Gasteiger partial charge on any atom is -0.450 e. The number of halogens is 2. The van der Waals surface area contributed by atoms with Crippen LogP contribution >= 0.6 is 15.3 Å². The van der Waals surface area contributed by atoms with Crippen LogP contribution in [0.5, 0.6) is 0 Å². The second-order valence-corrected chi connectivity index (χ2v) is 35.5. The van der Waals surface area contributed by atoms with Crippen LogP contribution in [0.15, 0.2) is 169 Å². The molecule has 10 aromatic heterocycles. The molecule has 4 amide bonds. The highest BCUT2D eigenvalue weighted by atomic mass is 32.5. The number of ether oxygens (including phenoxy) is 8. The summed E-state index contributed by atoms with van der Waals surface area (Å²) in [5, 5.41) is 29.6. The van der Waals surface area contributed by atoms with Gasteiger partial charge in [0.15, 0.2) is 106 Å². The van der Waals surface area contributed by atoms with Crippen LogP contribution in [0.1, 0.15) is 106 Å². The van der Waals surface area contributed by atoms with Crippen LogP contribution in [0.25, 0.3) is 54.3 Å². The number of nitrogens with zero attached hydrogens (tertiary/aromatic N) is 18. The van der Waals surface area contributed by atoms with Crippen molar-refractivity contribution in [2.24, 2.45) is 11.8 Å². The first-order chi connectivity index (χ1) is 68.1. The SMILES string of the molecule is [2H][2H].[3H][3H].[C-]#[N+]CCOP(=S)(OC[C@H]1O[C@@H](n2cnc3c(=O)[nH]c(NC(=O)C(C)C)nc32)[C@H](OC(=O)O)[C@H]1F)O[C@H]1[C@H]2OC[C@]1(CC)O[C@H]2n1cnc2c(NC(=O)c3ccccc3)ncnc21.[C-]#[N+]CCOP(OC[C@H]1O[C@@H](n2cnc3c(=O)[nH]c(NC(=O)C(C)C)nc32)[C@H](OC(=O)O)[C@H]1F)O[C@H]1[C@H]2OC[C@]1(CC)O[C@H]2n1cnc2c(NC(=O)c3ccccc3)ncnc21.c1ccncc1.c1ccncc1. The lowest BCUT2D eigenvalue weighted by atomic mass is 9.96. The van der Waals surface area contributed by atoms with Crippen molar-refractivity contribution < 1.29 is 119 Å². The van der Waals surface area contributed by atoms with Gasteiger partial charge in [-0.3, -0.25) is 82.1 Å². The predicted molar refractivity (Wildman–Crippen MR) is 482 cm³/mol. The van der Waals surface area contributed by atoms with Crippen LogP contribution in [-0.2, 0) is 86.4 Å². The number of carbonyl (C=O) groups excluding carboxylic acids is 4. The van der Waals surface area contributed by atoms with E-state index in [1.807, 2.05) is 50.2 Å². The van der Waals surface area contributed by atoms with Crippen molar-refractivity contribution in [3.8, 4) is 0 Å². The molecule has 18 atom stereocenters. The molecule has 8 N–H and O–H groups in total. The first-order valence-corrected chi connectivity index (χ1v) is 46.1. The molecule has 0 aliphatic carbocycles. The highest BCUT2D eigenvalue weighted by Crippen LogP contribution is 2.60. The van der Waals surface area contributed by atoms with Crippen molar-refractivity contribution in [3.05, 3.63) is 214 Å². The predicted octanol–water partition coefficient (Wildman–Crippen LogP) is 10.1. The lowest BCUT2D eigenvalue weighted by Gasteiger charge is -2.32. The standard InChI is InChI=1S/C37H39FN11O12PS.C37H39FN11O12P.2C5H5N.2H2/c1-5-37-14-55-25(34(60-37)48-16-42-22-27(40-15-41-28(22)48)44-31(51)19-9-7-6-8-10-19)26(37)61-62(63,56-12-11-39-4)57-13-20-21(38)24(59-36(53)54)33(58-20)49-17-43-23-29(49)45-35(47-32(23)52)46-30(50)18(2)3;1-5-37-14-55-25(34(60-37)48-16-42-22-27(40-15-41-28(22)48)44-31(51)19-9-7-6-8-10-19)26(37)61-62(56-12-11-39-4)57-13-20-21(38)24(59-36(53)54)33(58-20)49-17-43-23-29(49)45-35(47-32(23)52)46-30(50)18(2)3;2*1-2-4-6-5-3-1;;/h6-10,15-18,20-21,24-26,33-34H,5,11-14H2,1-3H3,(H,53,54)(H,40,41,44,51)(H2,45,46,47,50,52);6-10,15-18,20-21,24-26,33-34H,5,11-14H2,1-3H3,(H,53,54)(H,40,41,44,51)(H2,45,46,47,50,52);2*1-5H;2*1H/t2*20-,21+,24-,25-,26+,33-,34-,37+,62?;;;;/m11..../s1/i;;;;1+2T;1+1D. The van der Waals surface area contributed by atoms with Gasteiger partial charge in [0.2, 0.25) is 36.8 Å². The van der Waals surface area contributed by atoms with E-state index < -0.39 is 185 Å². The van der Waals surface area contributed by atoms with Crippen molar-refractivity contribution in [2.75, 3.05) is 74.0 Å². The normalized spacial score (nSPS) is 24.6. The molecular formula is C84H92F2N24O24P2S. The number of alkyl halides is 2. The zero-order chi connectivity index (χ0) is 101. The first-order valence-electron chi connectivity index (χ1n) is 44.4. The molecule has 48 nitrogen and oxygen atoms in total.